The second-order valence-electron chi connectivity index (χ2n) is 7.18. The molecule has 0 aliphatic carbocycles. The molecule has 1 rings (SSSR count). The average Bonchev–Trinajstić information content (AvgIpc) is 2.62. The summed E-state index contributed by atoms with van der Waals surface area (Å²) in [5.74, 6) is 0.877. The molecule has 1 N–H and O–H groups in total. The van der Waals surface area contributed by atoms with Gasteiger partial charge in [-0.3, -0.25) is 0 Å². The number of hydrogen-bond acceptors (Lipinski definition) is 3. The van der Waals surface area contributed by atoms with Gasteiger partial charge in [0.1, 0.15) is 0 Å². The first kappa shape index (κ1) is 15.9. The minimum absolute atomic E-state index is 0.350. The highest BCUT2D eigenvalue weighted by Gasteiger charge is 2.24. The monoisotopic (exact) mass is 255 g/mol. The van der Waals surface area contributed by atoms with E-state index in [1.165, 1.54) is 39.0 Å². The molecule has 0 aromatic heterocycles. The van der Waals surface area contributed by atoms with Crippen LogP contribution in [0, 0.1) is 11.3 Å². The van der Waals surface area contributed by atoms with Crippen LogP contribution in [0.2, 0.25) is 0 Å². The van der Waals surface area contributed by atoms with Gasteiger partial charge in [-0.2, -0.15) is 0 Å². The lowest BCUT2D eigenvalue weighted by molar-refractivity contribution is 0.215. The third-order valence-electron chi connectivity index (χ3n) is 4.25. The minimum atomic E-state index is 0.350. The number of nitrogens with zero attached hydrogens (tertiary/aromatic N) is 2. The molecule has 0 saturated carbocycles. The van der Waals surface area contributed by atoms with E-state index in [9.17, 15) is 0 Å². The van der Waals surface area contributed by atoms with Crippen molar-refractivity contribution in [3.63, 3.8) is 0 Å². The molecular formula is C15H33N3. The Labute approximate surface area is 114 Å². The van der Waals surface area contributed by atoms with Crippen molar-refractivity contribution in [2.24, 2.45) is 11.3 Å². The largest absolute Gasteiger partial charge is 0.316 e. The third-order valence-corrected chi connectivity index (χ3v) is 4.25. The van der Waals surface area contributed by atoms with Crippen LogP contribution in [0.1, 0.15) is 33.6 Å². The topological polar surface area (TPSA) is 18.5 Å². The van der Waals surface area contributed by atoms with E-state index in [0.29, 0.717) is 11.5 Å². The third kappa shape index (κ3) is 5.25. The lowest BCUT2D eigenvalue weighted by atomic mass is 9.85. The van der Waals surface area contributed by atoms with Gasteiger partial charge in [0.05, 0.1) is 0 Å². The van der Waals surface area contributed by atoms with Crippen molar-refractivity contribution in [3.8, 4) is 0 Å². The van der Waals surface area contributed by atoms with Crippen LogP contribution in [0.5, 0.6) is 0 Å². The number of hydrogen-bond donors (Lipinski definition) is 1. The summed E-state index contributed by atoms with van der Waals surface area (Å²) in [4.78, 5) is 4.96. The first-order chi connectivity index (χ1) is 8.32. The van der Waals surface area contributed by atoms with Gasteiger partial charge in [0.25, 0.3) is 0 Å². The zero-order valence-electron chi connectivity index (χ0n) is 13.3. The van der Waals surface area contributed by atoms with Crippen molar-refractivity contribution in [2.75, 3.05) is 47.3 Å². The maximum Gasteiger partial charge on any atom is 0.0125 e. The molecule has 2 unspecified atom stereocenters. The summed E-state index contributed by atoms with van der Waals surface area (Å²) in [6, 6.07) is 0.603. The fourth-order valence-electron chi connectivity index (χ4n) is 3.07. The van der Waals surface area contributed by atoms with Crippen molar-refractivity contribution in [1.29, 1.82) is 0 Å². The van der Waals surface area contributed by atoms with Crippen LogP contribution >= 0.6 is 0 Å². The van der Waals surface area contributed by atoms with E-state index in [4.69, 9.17) is 0 Å². The average molecular weight is 255 g/mol. The van der Waals surface area contributed by atoms with Gasteiger partial charge < -0.3 is 15.1 Å². The highest BCUT2D eigenvalue weighted by molar-refractivity contribution is 4.81. The smallest absolute Gasteiger partial charge is 0.0125 e. The molecule has 18 heavy (non-hydrogen) atoms. The van der Waals surface area contributed by atoms with E-state index < -0.39 is 0 Å². The van der Waals surface area contributed by atoms with Gasteiger partial charge in [-0.25, -0.2) is 0 Å². The Morgan fingerprint density at radius 1 is 1.39 bits per heavy atom. The van der Waals surface area contributed by atoms with Crippen molar-refractivity contribution in [1.82, 2.24) is 15.1 Å². The van der Waals surface area contributed by atoms with Gasteiger partial charge in [0.15, 0.2) is 0 Å². The van der Waals surface area contributed by atoms with Crippen LogP contribution in [0.4, 0.5) is 0 Å². The summed E-state index contributed by atoms with van der Waals surface area (Å²) < 4.78 is 0. The summed E-state index contributed by atoms with van der Waals surface area (Å²) in [5.41, 5.74) is 0.350. The lowest BCUT2D eigenvalue weighted by Gasteiger charge is -2.32. The summed E-state index contributed by atoms with van der Waals surface area (Å²) in [6.45, 7) is 12.0. The second-order valence-corrected chi connectivity index (χ2v) is 7.18. The van der Waals surface area contributed by atoms with Gasteiger partial charge in [0.2, 0.25) is 0 Å². The van der Waals surface area contributed by atoms with Gasteiger partial charge in [-0.05, 0) is 58.4 Å². The molecule has 0 radical (unpaired) electrons. The lowest BCUT2D eigenvalue weighted by Crippen LogP contribution is -2.41. The fraction of sp³-hybridized carbons (Fsp3) is 1.00. The Morgan fingerprint density at radius 2 is 2.06 bits per heavy atom. The Hall–Kier alpha value is -0.120. The maximum atomic E-state index is 3.46. The van der Waals surface area contributed by atoms with Crippen LogP contribution in [-0.2, 0) is 0 Å². The Kier molecular flexibility index (Phi) is 6.09. The number of rotatable bonds is 6. The number of likely N-dealkylation sites (tertiary alicyclic amines) is 1. The molecule has 2 atom stereocenters. The summed E-state index contributed by atoms with van der Waals surface area (Å²) in [6.07, 6.45) is 2.61. The number of nitrogens with one attached hydrogen (secondary N) is 1. The molecule has 1 saturated heterocycles. The van der Waals surface area contributed by atoms with E-state index in [2.05, 4.69) is 57.0 Å². The molecule has 1 aliphatic heterocycles. The van der Waals surface area contributed by atoms with Crippen molar-refractivity contribution in [2.45, 2.75) is 39.7 Å². The normalized spacial score (nSPS) is 23.8. The Morgan fingerprint density at radius 3 is 2.50 bits per heavy atom. The van der Waals surface area contributed by atoms with Crippen LogP contribution in [0.3, 0.4) is 0 Å². The van der Waals surface area contributed by atoms with Crippen molar-refractivity contribution >= 4 is 0 Å². The van der Waals surface area contributed by atoms with Gasteiger partial charge >= 0.3 is 0 Å². The molecular weight excluding hydrogens is 222 g/mol. The molecule has 3 nitrogen and oxygen atoms in total. The SMILES string of the molecule is CNC(CCN(C)CC1CCN(C)C1)C(C)(C)C. The predicted molar refractivity (Wildman–Crippen MR) is 80.0 cm³/mol. The zero-order chi connectivity index (χ0) is 13.8. The van der Waals surface area contributed by atoms with E-state index in [-0.39, 0.29) is 0 Å². The summed E-state index contributed by atoms with van der Waals surface area (Å²) >= 11 is 0. The second kappa shape index (κ2) is 6.88. The van der Waals surface area contributed by atoms with Gasteiger partial charge in [-0.15, -0.1) is 0 Å². The highest BCUT2D eigenvalue weighted by Crippen LogP contribution is 2.22. The molecule has 0 spiro atoms. The van der Waals surface area contributed by atoms with E-state index in [1.807, 2.05) is 0 Å². The van der Waals surface area contributed by atoms with Crippen LogP contribution in [-0.4, -0.2) is 63.2 Å². The standard InChI is InChI=1S/C15H33N3/c1-15(2,3)14(16-4)8-10-18(6)12-13-7-9-17(5)11-13/h13-14,16H,7-12H2,1-6H3. The van der Waals surface area contributed by atoms with E-state index in [1.54, 1.807) is 0 Å². The Balaban J connectivity index is 2.25. The quantitative estimate of drug-likeness (QED) is 0.782. The minimum Gasteiger partial charge on any atom is -0.316 e. The van der Waals surface area contributed by atoms with Gasteiger partial charge in [-0.1, -0.05) is 20.8 Å². The van der Waals surface area contributed by atoms with Crippen LogP contribution in [0.15, 0.2) is 0 Å². The molecule has 3 heteroatoms. The maximum absolute atomic E-state index is 3.46. The highest BCUT2D eigenvalue weighted by atomic mass is 15.1. The summed E-state index contributed by atoms with van der Waals surface area (Å²) in [5, 5.41) is 3.46. The molecule has 0 aromatic carbocycles. The molecule has 1 fully saturated rings. The van der Waals surface area contributed by atoms with E-state index in [0.717, 1.165) is 5.92 Å². The summed E-state index contributed by atoms with van der Waals surface area (Å²) in [7, 11) is 6.59. The molecule has 1 aliphatic rings. The first-order valence-corrected chi connectivity index (χ1v) is 7.37. The van der Waals surface area contributed by atoms with Crippen LogP contribution < -0.4 is 5.32 Å². The van der Waals surface area contributed by atoms with Crippen molar-refractivity contribution in [3.05, 3.63) is 0 Å². The molecule has 0 bridgehead atoms. The zero-order valence-corrected chi connectivity index (χ0v) is 13.3. The van der Waals surface area contributed by atoms with E-state index >= 15 is 0 Å². The fourth-order valence-corrected chi connectivity index (χ4v) is 3.07. The molecule has 0 aromatic rings. The van der Waals surface area contributed by atoms with Crippen LogP contribution in [0.25, 0.3) is 0 Å². The first-order valence-electron chi connectivity index (χ1n) is 7.37. The van der Waals surface area contributed by atoms with Crippen molar-refractivity contribution < 1.29 is 0 Å². The predicted octanol–water partition coefficient (Wildman–Crippen LogP) is 1.89. The van der Waals surface area contributed by atoms with Gasteiger partial charge in [0, 0.05) is 19.1 Å². The molecule has 0 amide bonds. The molecule has 108 valence electrons. The Bertz CT molecular complexity index is 234. The molecule has 1 heterocycles.